The van der Waals surface area contributed by atoms with Gasteiger partial charge >= 0.3 is 0 Å². The van der Waals surface area contributed by atoms with Crippen molar-refractivity contribution in [2.45, 2.75) is 19.9 Å². The van der Waals surface area contributed by atoms with Gasteiger partial charge in [0.1, 0.15) is 0 Å². The topological polar surface area (TPSA) is 37.8 Å². The number of aryl methyl sites for hydroxylation is 1. The first-order valence-electron chi connectivity index (χ1n) is 7.28. The molecule has 3 heteroatoms. The minimum absolute atomic E-state index is 0.182. The number of hydrogen-bond donors (Lipinski definition) is 1. The van der Waals surface area contributed by atoms with Crippen molar-refractivity contribution in [3.8, 4) is 0 Å². The molecule has 106 valence electrons. The van der Waals surface area contributed by atoms with Crippen molar-refractivity contribution in [1.29, 1.82) is 0 Å². The maximum atomic E-state index is 4.40. The van der Waals surface area contributed by atoms with E-state index in [1.165, 1.54) is 16.7 Å². The summed E-state index contributed by atoms with van der Waals surface area (Å²) in [6, 6.07) is 15.1. The van der Waals surface area contributed by atoms with Crippen LogP contribution in [0.2, 0.25) is 0 Å². The van der Waals surface area contributed by atoms with Gasteiger partial charge < -0.3 is 5.32 Å². The molecule has 0 saturated heterocycles. The van der Waals surface area contributed by atoms with Gasteiger partial charge in [-0.05, 0) is 36.7 Å². The Morgan fingerprint density at radius 1 is 0.905 bits per heavy atom. The highest BCUT2D eigenvalue weighted by atomic mass is 14.9. The smallest absolute Gasteiger partial charge is 0.0890 e. The Morgan fingerprint density at radius 2 is 1.57 bits per heavy atom. The van der Waals surface area contributed by atoms with E-state index in [2.05, 4.69) is 65.5 Å². The zero-order valence-corrected chi connectivity index (χ0v) is 12.4. The molecule has 3 aromatic rings. The van der Waals surface area contributed by atoms with Crippen LogP contribution in [0.25, 0.3) is 11.0 Å². The molecule has 0 amide bonds. The van der Waals surface area contributed by atoms with E-state index in [4.69, 9.17) is 0 Å². The lowest BCUT2D eigenvalue weighted by Crippen LogP contribution is -2.22. The first-order valence-corrected chi connectivity index (χ1v) is 7.28. The Hall–Kier alpha value is -2.26. The van der Waals surface area contributed by atoms with Crippen LogP contribution in [0.1, 0.15) is 29.7 Å². The second-order valence-corrected chi connectivity index (χ2v) is 5.21. The van der Waals surface area contributed by atoms with Crippen LogP contribution >= 0.6 is 0 Å². The lowest BCUT2D eigenvalue weighted by Gasteiger charge is -2.19. The number of aromatic nitrogens is 2. The Balaban J connectivity index is 2.04. The highest BCUT2D eigenvalue weighted by Gasteiger charge is 2.13. The van der Waals surface area contributed by atoms with Crippen LogP contribution in [0.4, 0.5) is 0 Å². The molecule has 0 fully saturated rings. The van der Waals surface area contributed by atoms with Crippen LogP contribution in [0, 0.1) is 6.92 Å². The summed E-state index contributed by atoms with van der Waals surface area (Å²) in [5, 5.41) is 3.55. The third kappa shape index (κ3) is 2.93. The van der Waals surface area contributed by atoms with Gasteiger partial charge in [0.15, 0.2) is 0 Å². The van der Waals surface area contributed by atoms with Crippen molar-refractivity contribution in [3.05, 3.63) is 71.5 Å². The third-order valence-corrected chi connectivity index (χ3v) is 3.65. The maximum Gasteiger partial charge on any atom is 0.0890 e. The van der Waals surface area contributed by atoms with Gasteiger partial charge in [-0.2, -0.15) is 0 Å². The summed E-state index contributed by atoms with van der Waals surface area (Å²) in [6.45, 7) is 5.15. The van der Waals surface area contributed by atoms with Gasteiger partial charge in [-0.15, -0.1) is 0 Å². The first-order chi connectivity index (χ1) is 10.3. The van der Waals surface area contributed by atoms with E-state index in [9.17, 15) is 0 Å². The summed E-state index contributed by atoms with van der Waals surface area (Å²) in [5.41, 5.74) is 5.63. The number of nitrogens with one attached hydrogen (secondary N) is 1. The number of fused-ring (bicyclic) bond motifs is 1. The molecule has 0 bridgehead atoms. The lowest BCUT2D eigenvalue weighted by molar-refractivity contribution is 0.631. The molecule has 0 aliphatic heterocycles. The fraction of sp³-hybridized carbons (Fsp3) is 0.222. The molecule has 1 N–H and O–H groups in total. The Morgan fingerprint density at radius 3 is 2.29 bits per heavy atom. The SMILES string of the molecule is CCNC(c1ccc(C)cc1)c1ccc2nccnc2c1. The zero-order chi connectivity index (χ0) is 14.7. The molecule has 0 radical (unpaired) electrons. The molecule has 1 atom stereocenters. The maximum absolute atomic E-state index is 4.40. The van der Waals surface area contributed by atoms with Gasteiger partial charge in [0.2, 0.25) is 0 Å². The van der Waals surface area contributed by atoms with E-state index in [1.807, 2.05) is 6.07 Å². The molecule has 1 aromatic heterocycles. The van der Waals surface area contributed by atoms with E-state index in [0.29, 0.717) is 0 Å². The molecule has 0 saturated carbocycles. The van der Waals surface area contributed by atoms with Gasteiger partial charge in [0.05, 0.1) is 17.1 Å². The van der Waals surface area contributed by atoms with Crippen LogP contribution in [-0.4, -0.2) is 16.5 Å². The fourth-order valence-electron chi connectivity index (χ4n) is 2.55. The quantitative estimate of drug-likeness (QED) is 0.791. The molecule has 3 rings (SSSR count). The van der Waals surface area contributed by atoms with Crippen LogP contribution in [0.15, 0.2) is 54.9 Å². The molecule has 2 aromatic carbocycles. The second-order valence-electron chi connectivity index (χ2n) is 5.21. The highest BCUT2D eigenvalue weighted by Crippen LogP contribution is 2.24. The van der Waals surface area contributed by atoms with Crippen molar-refractivity contribution in [1.82, 2.24) is 15.3 Å². The van der Waals surface area contributed by atoms with Crippen molar-refractivity contribution in [3.63, 3.8) is 0 Å². The minimum Gasteiger partial charge on any atom is -0.307 e. The molecule has 0 aliphatic rings. The van der Waals surface area contributed by atoms with E-state index in [0.717, 1.165) is 17.6 Å². The summed E-state index contributed by atoms with van der Waals surface area (Å²) in [4.78, 5) is 8.73. The van der Waals surface area contributed by atoms with Gasteiger partial charge in [-0.25, -0.2) is 0 Å². The average Bonchev–Trinajstić information content (AvgIpc) is 2.53. The Kier molecular flexibility index (Phi) is 3.93. The number of nitrogens with zero attached hydrogens (tertiary/aromatic N) is 2. The molecule has 0 aliphatic carbocycles. The molecular formula is C18H19N3. The van der Waals surface area contributed by atoms with Crippen molar-refractivity contribution in [2.75, 3.05) is 6.54 Å². The third-order valence-electron chi connectivity index (χ3n) is 3.65. The standard InChI is InChI=1S/C18H19N3/c1-3-19-18(14-6-4-13(2)5-7-14)15-8-9-16-17(12-15)21-11-10-20-16/h4-12,18-19H,3H2,1-2H3. The largest absolute Gasteiger partial charge is 0.307 e. The number of rotatable bonds is 4. The van der Waals surface area contributed by atoms with Crippen LogP contribution < -0.4 is 5.32 Å². The molecule has 3 nitrogen and oxygen atoms in total. The lowest BCUT2D eigenvalue weighted by atomic mass is 9.97. The summed E-state index contributed by atoms with van der Waals surface area (Å²) in [6.07, 6.45) is 3.46. The molecule has 0 spiro atoms. The van der Waals surface area contributed by atoms with Crippen LogP contribution in [0.3, 0.4) is 0 Å². The van der Waals surface area contributed by atoms with Gasteiger partial charge in [0, 0.05) is 12.4 Å². The van der Waals surface area contributed by atoms with E-state index < -0.39 is 0 Å². The number of benzene rings is 2. The zero-order valence-electron chi connectivity index (χ0n) is 12.4. The summed E-state index contributed by atoms with van der Waals surface area (Å²) in [7, 11) is 0. The average molecular weight is 277 g/mol. The van der Waals surface area contributed by atoms with Crippen LogP contribution in [0.5, 0.6) is 0 Å². The van der Waals surface area contributed by atoms with E-state index in [-0.39, 0.29) is 6.04 Å². The number of hydrogen-bond acceptors (Lipinski definition) is 3. The second kappa shape index (κ2) is 6.02. The molecule has 1 heterocycles. The van der Waals surface area contributed by atoms with Crippen LogP contribution in [-0.2, 0) is 0 Å². The minimum atomic E-state index is 0.182. The Bertz CT molecular complexity index is 735. The van der Waals surface area contributed by atoms with Gasteiger partial charge in [0.25, 0.3) is 0 Å². The van der Waals surface area contributed by atoms with Crippen molar-refractivity contribution in [2.24, 2.45) is 0 Å². The first kappa shape index (κ1) is 13.7. The summed E-state index contributed by atoms with van der Waals surface area (Å²) < 4.78 is 0. The highest BCUT2D eigenvalue weighted by molar-refractivity contribution is 5.74. The Labute approximate surface area is 125 Å². The normalized spacial score (nSPS) is 12.5. The summed E-state index contributed by atoms with van der Waals surface area (Å²) >= 11 is 0. The van der Waals surface area contributed by atoms with Gasteiger partial charge in [-0.1, -0.05) is 42.8 Å². The molecule has 1 unspecified atom stereocenters. The predicted octanol–water partition coefficient (Wildman–Crippen LogP) is 3.64. The van der Waals surface area contributed by atoms with Gasteiger partial charge in [-0.3, -0.25) is 9.97 Å². The van der Waals surface area contributed by atoms with E-state index >= 15 is 0 Å². The van der Waals surface area contributed by atoms with Crippen molar-refractivity contribution < 1.29 is 0 Å². The van der Waals surface area contributed by atoms with E-state index in [1.54, 1.807) is 12.4 Å². The summed E-state index contributed by atoms with van der Waals surface area (Å²) in [5.74, 6) is 0. The molecular weight excluding hydrogens is 258 g/mol. The fourth-order valence-corrected chi connectivity index (χ4v) is 2.55. The molecule has 21 heavy (non-hydrogen) atoms. The predicted molar refractivity (Wildman–Crippen MR) is 86.2 cm³/mol. The monoisotopic (exact) mass is 277 g/mol. The van der Waals surface area contributed by atoms with Crippen molar-refractivity contribution >= 4 is 11.0 Å².